The first-order chi connectivity index (χ1) is 4.86. The van der Waals surface area contributed by atoms with Crippen molar-refractivity contribution in [1.29, 1.82) is 0 Å². The van der Waals surface area contributed by atoms with Crippen molar-refractivity contribution in [1.82, 2.24) is 0 Å². The maximum absolute atomic E-state index is 4.98. The van der Waals surface area contributed by atoms with Crippen molar-refractivity contribution in [3.05, 3.63) is 29.8 Å². The summed E-state index contributed by atoms with van der Waals surface area (Å²) in [5.41, 5.74) is 1.14. The minimum atomic E-state index is 0.886. The summed E-state index contributed by atoms with van der Waals surface area (Å²) in [6.07, 6.45) is 0. The van der Waals surface area contributed by atoms with Gasteiger partial charge in [-0.25, -0.2) is 0 Å². The normalized spacial score (nSPS) is 8.90. The fourth-order valence-electron chi connectivity index (χ4n) is 0.700. The van der Waals surface area contributed by atoms with Gasteiger partial charge >= 0.3 is 0 Å². The van der Waals surface area contributed by atoms with Gasteiger partial charge in [-0.15, -0.1) is 8.86 Å². The predicted molar refractivity (Wildman–Crippen MR) is 46.5 cm³/mol. The van der Waals surface area contributed by atoms with Gasteiger partial charge in [-0.2, -0.15) is 0 Å². The molecule has 0 N–H and O–H groups in total. The highest BCUT2D eigenvalue weighted by atomic mass is 31.0. The summed E-state index contributed by atoms with van der Waals surface area (Å²) < 4.78 is 4.98. The third-order valence-electron chi connectivity index (χ3n) is 1.28. The van der Waals surface area contributed by atoms with Crippen molar-refractivity contribution < 1.29 is 4.74 Å². The van der Waals surface area contributed by atoms with E-state index in [0.29, 0.717) is 0 Å². The number of methoxy groups -OCH3 is 1. The minimum absolute atomic E-state index is 0.886. The van der Waals surface area contributed by atoms with E-state index in [4.69, 9.17) is 4.74 Å². The van der Waals surface area contributed by atoms with Crippen LogP contribution in [0.3, 0.4) is 0 Å². The van der Waals surface area contributed by atoms with Gasteiger partial charge in [0.2, 0.25) is 0 Å². The minimum Gasteiger partial charge on any atom is -0.497 e. The SMILES string of the molecule is COc1ccc(C=P)cc1. The molecule has 0 bridgehead atoms. The molecule has 0 aliphatic rings. The van der Waals surface area contributed by atoms with Crippen LogP contribution >= 0.6 is 8.86 Å². The molecule has 1 aromatic rings. The molecule has 0 aliphatic heterocycles. The van der Waals surface area contributed by atoms with E-state index in [1.54, 1.807) is 7.11 Å². The van der Waals surface area contributed by atoms with Crippen LogP contribution in [0.4, 0.5) is 0 Å². The number of rotatable bonds is 2. The molecule has 0 fully saturated rings. The summed E-state index contributed by atoms with van der Waals surface area (Å²) in [7, 11) is 4.94. The molecule has 2 heteroatoms. The average molecular weight is 152 g/mol. The van der Waals surface area contributed by atoms with Gasteiger partial charge in [0.1, 0.15) is 5.75 Å². The van der Waals surface area contributed by atoms with E-state index in [9.17, 15) is 0 Å². The molecular formula is C8H9OP. The standard InChI is InChI=1S/C8H9OP/c1-9-8-4-2-7(6-10)3-5-8/h2-6,10H,1H3. The summed E-state index contributed by atoms with van der Waals surface area (Å²) in [6, 6.07) is 7.80. The monoisotopic (exact) mass is 152 g/mol. The Hall–Kier alpha value is -0.810. The zero-order chi connectivity index (χ0) is 7.40. The van der Waals surface area contributed by atoms with E-state index in [1.807, 2.05) is 30.1 Å². The van der Waals surface area contributed by atoms with Gasteiger partial charge in [-0.1, -0.05) is 12.1 Å². The zero-order valence-electron chi connectivity index (χ0n) is 5.79. The fourth-order valence-corrected chi connectivity index (χ4v) is 0.893. The van der Waals surface area contributed by atoms with E-state index in [2.05, 4.69) is 8.86 Å². The first kappa shape index (κ1) is 7.30. The maximum Gasteiger partial charge on any atom is 0.118 e. The quantitative estimate of drug-likeness (QED) is 0.589. The molecule has 1 rings (SSSR count). The van der Waals surface area contributed by atoms with Gasteiger partial charge in [0, 0.05) is 0 Å². The lowest BCUT2D eigenvalue weighted by molar-refractivity contribution is 0.415. The summed E-state index contributed by atoms with van der Waals surface area (Å²) in [6.45, 7) is 0. The van der Waals surface area contributed by atoms with Gasteiger partial charge in [-0.05, 0) is 23.5 Å². The van der Waals surface area contributed by atoms with Gasteiger partial charge in [0.25, 0.3) is 0 Å². The molecule has 0 saturated carbocycles. The number of hydrogen-bond donors (Lipinski definition) is 0. The van der Waals surface area contributed by atoms with Crippen LogP contribution in [0.5, 0.6) is 5.75 Å². The van der Waals surface area contributed by atoms with Crippen LogP contribution in [0.1, 0.15) is 5.56 Å². The maximum atomic E-state index is 4.98. The molecule has 0 aromatic heterocycles. The van der Waals surface area contributed by atoms with Gasteiger partial charge in [0.05, 0.1) is 7.11 Å². The molecule has 52 valence electrons. The molecule has 1 nitrogen and oxygen atoms in total. The lowest BCUT2D eigenvalue weighted by Gasteiger charge is -1.97. The van der Waals surface area contributed by atoms with E-state index in [-0.39, 0.29) is 0 Å². The summed E-state index contributed by atoms with van der Waals surface area (Å²) >= 11 is 0. The van der Waals surface area contributed by atoms with E-state index in [0.717, 1.165) is 11.3 Å². The largest absolute Gasteiger partial charge is 0.497 e. The van der Waals surface area contributed by atoms with Crippen molar-refractivity contribution in [2.75, 3.05) is 7.11 Å². The van der Waals surface area contributed by atoms with Gasteiger partial charge in [-0.3, -0.25) is 0 Å². The average Bonchev–Trinajstić information content (AvgIpc) is 2.05. The molecule has 0 aliphatic carbocycles. The zero-order valence-corrected chi connectivity index (χ0v) is 6.79. The Bertz CT molecular complexity index is 215. The van der Waals surface area contributed by atoms with Crippen molar-refractivity contribution in [2.24, 2.45) is 0 Å². The molecule has 0 atom stereocenters. The third kappa shape index (κ3) is 1.58. The Morgan fingerprint density at radius 3 is 2.30 bits per heavy atom. The summed E-state index contributed by atoms with van der Waals surface area (Å²) in [4.78, 5) is 0. The van der Waals surface area contributed by atoms with Crippen LogP contribution in [0.2, 0.25) is 0 Å². The Morgan fingerprint density at radius 2 is 1.90 bits per heavy atom. The first-order valence-corrected chi connectivity index (χ1v) is 3.59. The van der Waals surface area contributed by atoms with Crippen LogP contribution in [0, 0.1) is 0 Å². The molecule has 0 amide bonds. The number of ether oxygens (including phenoxy) is 1. The van der Waals surface area contributed by atoms with Gasteiger partial charge in [0.15, 0.2) is 0 Å². The highest BCUT2D eigenvalue weighted by molar-refractivity contribution is 7.19. The lowest BCUT2D eigenvalue weighted by Crippen LogP contribution is -1.82. The van der Waals surface area contributed by atoms with Crippen LogP contribution in [0.25, 0.3) is 0 Å². The predicted octanol–water partition coefficient (Wildman–Crippen LogP) is 1.99. The van der Waals surface area contributed by atoms with Crippen LogP contribution in [-0.4, -0.2) is 12.9 Å². The third-order valence-corrected chi connectivity index (χ3v) is 1.62. The highest BCUT2D eigenvalue weighted by Crippen LogP contribution is 2.09. The van der Waals surface area contributed by atoms with Gasteiger partial charge < -0.3 is 4.74 Å². The van der Waals surface area contributed by atoms with Crippen molar-refractivity contribution in [2.45, 2.75) is 0 Å². The highest BCUT2D eigenvalue weighted by Gasteiger charge is 1.87. The number of hydrogen-bond acceptors (Lipinski definition) is 1. The van der Waals surface area contributed by atoms with Crippen molar-refractivity contribution >= 4 is 14.7 Å². The molecule has 1 aromatic carbocycles. The molecule has 0 radical (unpaired) electrons. The molecular weight excluding hydrogens is 143 g/mol. The first-order valence-electron chi connectivity index (χ1n) is 3.01. The second-order valence-electron chi connectivity index (χ2n) is 1.92. The molecule has 0 unspecified atom stereocenters. The van der Waals surface area contributed by atoms with Crippen molar-refractivity contribution in [3.63, 3.8) is 0 Å². The van der Waals surface area contributed by atoms with Crippen LogP contribution < -0.4 is 4.74 Å². The second-order valence-corrected chi connectivity index (χ2v) is 2.21. The van der Waals surface area contributed by atoms with E-state index >= 15 is 0 Å². The molecule has 10 heavy (non-hydrogen) atoms. The molecule has 0 heterocycles. The summed E-state index contributed by atoms with van der Waals surface area (Å²) in [5, 5.41) is 0. The molecule has 0 saturated heterocycles. The Labute approximate surface area is 62.9 Å². The number of benzene rings is 1. The topological polar surface area (TPSA) is 9.23 Å². The van der Waals surface area contributed by atoms with E-state index < -0.39 is 0 Å². The Kier molecular flexibility index (Phi) is 2.47. The second kappa shape index (κ2) is 3.38. The smallest absolute Gasteiger partial charge is 0.118 e. The van der Waals surface area contributed by atoms with Crippen LogP contribution in [0.15, 0.2) is 24.3 Å². The summed E-state index contributed by atoms with van der Waals surface area (Å²) in [5.74, 6) is 2.75. The van der Waals surface area contributed by atoms with Crippen LogP contribution in [-0.2, 0) is 0 Å². The Balaban J connectivity index is 2.90. The van der Waals surface area contributed by atoms with E-state index in [1.165, 1.54) is 0 Å². The molecule has 0 spiro atoms. The Morgan fingerprint density at radius 1 is 1.30 bits per heavy atom. The lowest BCUT2D eigenvalue weighted by atomic mass is 10.2. The fraction of sp³-hybridized carbons (Fsp3) is 0.125. The van der Waals surface area contributed by atoms with Crippen molar-refractivity contribution in [3.8, 4) is 5.75 Å².